The third kappa shape index (κ3) is 4.04. The van der Waals surface area contributed by atoms with Gasteiger partial charge in [-0.05, 0) is 30.5 Å². The van der Waals surface area contributed by atoms with Crippen molar-refractivity contribution in [3.63, 3.8) is 0 Å². The Kier molecular flexibility index (Phi) is 5.64. The molecule has 1 aromatic carbocycles. The number of hydrogen-bond acceptors (Lipinski definition) is 5. The van der Waals surface area contributed by atoms with Crippen molar-refractivity contribution in [2.24, 2.45) is 5.14 Å². The van der Waals surface area contributed by atoms with Crippen LogP contribution in [0.15, 0.2) is 23.1 Å². The Morgan fingerprint density at radius 1 is 1.19 bits per heavy atom. The summed E-state index contributed by atoms with van der Waals surface area (Å²) < 4.78 is 23.3. The van der Waals surface area contributed by atoms with E-state index in [9.17, 15) is 18.0 Å². The third-order valence-electron chi connectivity index (χ3n) is 5.26. The zero-order valence-corrected chi connectivity index (χ0v) is 16.7. The number of sulfonamides is 1. The van der Waals surface area contributed by atoms with Gasteiger partial charge in [-0.2, -0.15) is 0 Å². The van der Waals surface area contributed by atoms with E-state index in [0.29, 0.717) is 44.7 Å². The van der Waals surface area contributed by atoms with Gasteiger partial charge in [-0.15, -0.1) is 11.6 Å². The summed E-state index contributed by atoms with van der Waals surface area (Å²) in [5, 5.41) is 5.23. The Morgan fingerprint density at radius 3 is 2.41 bits per heavy atom. The van der Waals surface area contributed by atoms with Crippen LogP contribution in [-0.4, -0.2) is 75.2 Å². The molecule has 2 aliphatic heterocycles. The smallest absolute Gasteiger partial charge is 0.245 e. The number of carbonyl (C=O) groups excluding carboxylic acids is 2. The SMILES string of the molecule is CN1c2cc(S(N)(=O)=O)ccc2CCC1C(=O)N1CCN(C(=O)CCl)CC1. The maximum atomic E-state index is 13.0. The lowest BCUT2D eigenvalue weighted by Gasteiger charge is -2.41. The van der Waals surface area contributed by atoms with E-state index < -0.39 is 10.0 Å². The van der Waals surface area contributed by atoms with Gasteiger partial charge in [0.1, 0.15) is 11.9 Å². The van der Waals surface area contributed by atoms with Crippen LogP contribution in [0.3, 0.4) is 0 Å². The number of piperazine rings is 1. The van der Waals surface area contributed by atoms with E-state index in [1.165, 1.54) is 12.1 Å². The Balaban J connectivity index is 1.74. The van der Waals surface area contributed by atoms with Crippen molar-refractivity contribution < 1.29 is 18.0 Å². The number of nitrogens with zero attached hydrogens (tertiary/aromatic N) is 3. The first-order valence-electron chi connectivity index (χ1n) is 8.73. The molecule has 2 heterocycles. The van der Waals surface area contributed by atoms with Crippen molar-refractivity contribution in [3.8, 4) is 0 Å². The van der Waals surface area contributed by atoms with Crippen molar-refractivity contribution in [2.45, 2.75) is 23.8 Å². The largest absolute Gasteiger partial charge is 0.362 e. The lowest BCUT2D eigenvalue weighted by molar-refractivity contribution is -0.139. The van der Waals surface area contributed by atoms with Gasteiger partial charge in [0.15, 0.2) is 0 Å². The molecule has 148 valence electrons. The molecule has 0 spiro atoms. The van der Waals surface area contributed by atoms with Crippen molar-refractivity contribution in [1.82, 2.24) is 9.80 Å². The van der Waals surface area contributed by atoms with E-state index in [-0.39, 0.29) is 28.6 Å². The Morgan fingerprint density at radius 2 is 1.81 bits per heavy atom. The average Bonchev–Trinajstić information content (AvgIpc) is 2.66. The number of carbonyl (C=O) groups is 2. The fourth-order valence-corrected chi connectivity index (χ4v) is 4.38. The highest BCUT2D eigenvalue weighted by Gasteiger charge is 2.34. The maximum absolute atomic E-state index is 13.0. The summed E-state index contributed by atoms with van der Waals surface area (Å²) >= 11 is 5.59. The zero-order valence-electron chi connectivity index (χ0n) is 15.1. The number of primary sulfonamides is 1. The molecule has 3 rings (SSSR count). The van der Waals surface area contributed by atoms with Crippen molar-refractivity contribution in [1.29, 1.82) is 0 Å². The van der Waals surface area contributed by atoms with Crippen LogP contribution >= 0.6 is 11.6 Å². The van der Waals surface area contributed by atoms with Crippen LogP contribution < -0.4 is 10.0 Å². The predicted molar refractivity (Wildman–Crippen MR) is 102 cm³/mol. The first-order chi connectivity index (χ1) is 12.7. The summed E-state index contributed by atoms with van der Waals surface area (Å²) in [6.45, 7) is 1.88. The number of anilines is 1. The lowest BCUT2D eigenvalue weighted by atomic mass is 9.95. The van der Waals surface area contributed by atoms with Gasteiger partial charge in [0.25, 0.3) is 0 Å². The number of amides is 2. The van der Waals surface area contributed by atoms with Crippen LogP contribution in [-0.2, 0) is 26.0 Å². The highest BCUT2D eigenvalue weighted by molar-refractivity contribution is 7.89. The molecule has 0 radical (unpaired) electrons. The molecule has 2 amide bonds. The van der Waals surface area contributed by atoms with E-state index in [2.05, 4.69) is 0 Å². The van der Waals surface area contributed by atoms with Gasteiger partial charge in [0.05, 0.1) is 4.90 Å². The molecule has 1 aromatic rings. The molecule has 1 atom stereocenters. The molecule has 0 saturated carbocycles. The summed E-state index contributed by atoms with van der Waals surface area (Å²) in [6, 6.07) is 4.41. The molecule has 27 heavy (non-hydrogen) atoms. The topological polar surface area (TPSA) is 104 Å². The highest BCUT2D eigenvalue weighted by Crippen LogP contribution is 2.32. The van der Waals surface area contributed by atoms with Crippen LogP contribution in [0.1, 0.15) is 12.0 Å². The number of fused-ring (bicyclic) bond motifs is 1. The number of halogens is 1. The Bertz CT molecular complexity index is 852. The van der Waals surface area contributed by atoms with Crippen LogP contribution in [0.5, 0.6) is 0 Å². The van der Waals surface area contributed by atoms with E-state index >= 15 is 0 Å². The third-order valence-corrected chi connectivity index (χ3v) is 6.40. The molecule has 2 aliphatic rings. The summed E-state index contributed by atoms with van der Waals surface area (Å²) in [5.74, 6) is -0.187. The second-order valence-electron chi connectivity index (χ2n) is 6.84. The molecule has 0 aliphatic carbocycles. The highest BCUT2D eigenvalue weighted by atomic mass is 35.5. The summed E-state index contributed by atoms with van der Waals surface area (Å²) in [4.78, 5) is 30.0. The average molecular weight is 415 g/mol. The minimum atomic E-state index is -3.81. The van der Waals surface area contributed by atoms with Crippen LogP contribution in [0.4, 0.5) is 5.69 Å². The number of hydrogen-bond donors (Lipinski definition) is 1. The predicted octanol–water partition coefficient (Wildman–Crippen LogP) is -0.00540. The molecule has 1 unspecified atom stereocenters. The molecule has 10 heteroatoms. The molecule has 1 saturated heterocycles. The van der Waals surface area contributed by atoms with E-state index in [1.807, 2.05) is 4.90 Å². The summed E-state index contributed by atoms with van der Waals surface area (Å²) in [5.41, 5.74) is 1.70. The summed E-state index contributed by atoms with van der Waals surface area (Å²) in [6.07, 6.45) is 1.34. The van der Waals surface area contributed by atoms with Gasteiger partial charge in [-0.1, -0.05) is 6.07 Å². The minimum Gasteiger partial charge on any atom is -0.362 e. The van der Waals surface area contributed by atoms with Gasteiger partial charge >= 0.3 is 0 Å². The number of rotatable bonds is 3. The Labute approximate surface area is 163 Å². The lowest BCUT2D eigenvalue weighted by Crippen LogP contribution is -2.56. The van der Waals surface area contributed by atoms with E-state index in [1.54, 1.807) is 22.9 Å². The number of likely N-dealkylation sites (N-methyl/N-ethyl adjacent to an activating group) is 1. The van der Waals surface area contributed by atoms with E-state index in [0.717, 1.165) is 5.56 Å². The Hall–Kier alpha value is -1.84. The van der Waals surface area contributed by atoms with Gasteiger partial charge in [0.2, 0.25) is 21.8 Å². The molecular formula is C17H23ClN4O4S. The quantitative estimate of drug-likeness (QED) is 0.701. The van der Waals surface area contributed by atoms with Crippen LogP contribution in [0.25, 0.3) is 0 Å². The van der Waals surface area contributed by atoms with Crippen molar-refractivity contribution >= 4 is 39.1 Å². The standard InChI is InChI=1S/C17H23ClN4O4S/c1-20-14(17(24)22-8-6-21(7-9-22)16(23)11-18)5-3-12-2-4-13(10-15(12)20)27(19,25)26/h2,4,10,14H,3,5-9,11H2,1H3,(H2,19,25,26). The zero-order chi connectivity index (χ0) is 19.8. The molecule has 2 N–H and O–H groups in total. The van der Waals surface area contributed by atoms with Crippen LogP contribution in [0.2, 0.25) is 0 Å². The molecule has 1 fully saturated rings. The number of alkyl halides is 1. The molecule has 8 nitrogen and oxygen atoms in total. The van der Waals surface area contributed by atoms with Crippen molar-refractivity contribution in [3.05, 3.63) is 23.8 Å². The monoisotopic (exact) mass is 414 g/mol. The molecule has 0 bridgehead atoms. The van der Waals surface area contributed by atoms with E-state index in [4.69, 9.17) is 16.7 Å². The second kappa shape index (κ2) is 7.65. The molecular weight excluding hydrogens is 392 g/mol. The molecule has 0 aromatic heterocycles. The number of nitrogens with two attached hydrogens (primary N) is 1. The fourth-order valence-electron chi connectivity index (χ4n) is 3.67. The van der Waals surface area contributed by atoms with Gasteiger partial charge < -0.3 is 14.7 Å². The van der Waals surface area contributed by atoms with Gasteiger partial charge in [0, 0.05) is 38.9 Å². The second-order valence-corrected chi connectivity index (χ2v) is 8.67. The fraction of sp³-hybridized carbons (Fsp3) is 0.529. The maximum Gasteiger partial charge on any atom is 0.245 e. The van der Waals surface area contributed by atoms with Crippen molar-refractivity contribution in [2.75, 3.05) is 44.0 Å². The van der Waals surface area contributed by atoms with Gasteiger partial charge in [-0.25, -0.2) is 13.6 Å². The number of benzene rings is 1. The summed E-state index contributed by atoms with van der Waals surface area (Å²) in [7, 11) is -2.01. The minimum absolute atomic E-state index is 0.0119. The first-order valence-corrected chi connectivity index (χ1v) is 10.8. The van der Waals surface area contributed by atoms with Gasteiger partial charge in [-0.3, -0.25) is 9.59 Å². The first kappa shape index (κ1) is 19.9. The van der Waals surface area contributed by atoms with Crippen LogP contribution in [0, 0.1) is 0 Å². The number of aryl methyl sites for hydroxylation is 1. The normalized spacial score (nSPS) is 20.4.